The number of nitrogens with zero attached hydrogens (tertiary/aromatic N) is 2. The van der Waals surface area contributed by atoms with E-state index in [4.69, 9.17) is 9.47 Å². The molecule has 7 nitrogen and oxygen atoms in total. The Labute approximate surface area is 191 Å². The van der Waals surface area contributed by atoms with E-state index >= 15 is 0 Å². The third-order valence-electron chi connectivity index (χ3n) is 5.45. The van der Waals surface area contributed by atoms with Crippen LogP contribution >= 0.6 is 11.3 Å². The summed E-state index contributed by atoms with van der Waals surface area (Å²) in [5, 5.41) is 5.27. The molecule has 1 N–H and O–H groups in total. The Morgan fingerprint density at radius 2 is 1.88 bits per heavy atom. The number of benzene rings is 2. The quantitative estimate of drug-likeness (QED) is 0.571. The van der Waals surface area contributed by atoms with Gasteiger partial charge in [0, 0.05) is 23.9 Å². The summed E-state index contributed by atoms with van der Waals surface area (Å²) in [6, 6.07) is 14.3. The number of hydrogen-bond acceptors (Lipinski definition) is 6. The highest BCUT2D eigenvalue weighted by molar-refractivity contribution is 7.14. The zero-order valence-corrected chi connectivity index (χ0v) is 18.9. The normalized spacial score (nSPS) is 14.7. The Morgan fingerprint density at radius 1 is 1.09 bits per heavy atom. The molecule has 1 unspecified atom stereocenters. The molecular weight excluding hydrogens is 426 g/mol. The monoisotopic (exact) mass is 451 g/mol. The van der Waals surface area contributed by atoms with E-state index in [9.17, 15) is 9.59 Å². The van der Waals surface area contributed by atoms with Crippen molar-refractivity contribution >= 4 is 28.3 Å². The zero-order valence-electron chi connectivity index (χ0n) is 18.0. The number of aromatic nitrogens is 1. The number of rotatable bonds is 7. The van der Waals surface area contributed by atoms with Crippen molar-refractivity contribution in [1.29, 1.82) is 0 Å². The number of hydrogen-bond donors (Lipinski definition) is 1. The van der Waals surface area contributed by atoms with Crippen LogP contribution in [0.15, 0.2) is 53.9 Å². The maximum atomic E-state index is 13.3. The third-order valence-corrected chi connectivity index (χ3v) is 6.21. The van der Waals surface area contributed by atoms with Crippen molar-refractivity contribution in [2.45, 2.75) is 25.3 Å². The molecule has 0 saturated carbocycles. The van der Waals surface area contributed by atoms with Gasteiger partial charge in [0.1, 0.15) is 6.04 Å². The molecule has 0 spiro atoms. The molecule has 166 valence electrons. The SMILES string of the molecule is COc1ccc(-c2csc(NC(=O)C(c3ccccc3)N3CCCCC3=O)n2)cc1OC. The second kappa shape index (κ2) is 9.82. The number of amides is 2. The number of piperidine rings is 1. The first kappa shape index (κ1) is 21.8. The van der Waals surface area contributed by atoms with Crippen molar-refractivity contribution in [3.05, 3.63) is 59.5 Å². The second-order valence-corrected chi connectivity index (χ2v) is 8.31. The van der Waals surface area contributed by atoms with Crippen molar-refractivity contribution in [2.75, 3.05) is 26.1 Å². The number of thiazole rings is 1. The van der Waals surface area contributed by atoms with Gasteiger partial charge in [0.05, 0.1) is 19.9 Å². The maximum Gasteiger partial charge on any atom is 0.253 e. The van der Waals surface area contributed by atoms with Crippen molar-refractivity contribution in [2.24, 2.45) is 0 Å². The third kappa shape index (κ3) is 4.60. The standard InChI is InChI=1S/C24H25N3O4S/c1-30-19-12-11-17(14-20(19)31-2)18-15-32-24(25-18)26-23(29)22(16-8-4-3-5-9-16)27-13-7-6-10-21(27)28/h3-5,8-9,11-12,14-15,22H,6-7,10,13H2,1-2H3,(H,25,26,29). The first-order valence-electron chi connectivity index (χ1n) is 10.4. The molecule has 0 radical (unpaired) electrons. The van der Waals surface area contributed by atoms with E-state index in [1.807, 2.05) is 53.9 Å². The summed E-state index contributed by atoms with van der Waals surface area (Å²) in [6.45, 7) is 0.570. The molecule has 2 amide bonds. The number of likely N-dealkylation sites (tertiary alicyclic amines) is 1. The van der Waals surface area contributed by atoms with Crippen LogP contribution < -0.4 is 14.8 Å². The lowest BCUT2D eigenvalue weighted by atomic mass is 10.0. The van der Waals surface area contributed by atoms with E-state index in [2.05, 4.69) is 10.3 Å². The first-order chi connectivity index (χ1) is 15.6. The van der Waals surface area contributed by atoms with Crippen LogP contribution in [-0.2, 0) is 9.59 Å². The molecule has 1 aliphatic heterocycles. The van der Waals surface area contributed by atoms with Gasteiger partial charge in [-0.2, -0.15) is 0 Å². The predicted octanol–water partition coefficient (Wildman–Crippen LogP) is 4.52. The van der Waals surface area contributed by atoms with Crippen LogP contribution in [0.5, 0.6) is 11.5 Å². The fraction of sp³-hybridized carbons (Fsp3) is 0.292. The minimum Gasteiger partial charge on any atom is -0.493 e. The van der Waals surface area contributed by atoms with Gasteiger partial charge in [-0.05, 0) is 36.6 Å². The highest BCUT2D eigenvalue weighted by atomic mass is 32.1. The van der Waals surface area contributed by atoms with Gasteiger partial charge in [-0.1, -0.05) is 30.3 Å². The van der Waals surface area contributed by atoms with Crippen molar-refractivity contribution in [3.8, 4) is 22.8 Å². The molecule has 32 heavy (non-hydrogen) atoms. The lowest BCUT2D eigenvalue weighted by Gasteiger charge is -2.33. The van der Waals surface area contributed by atoms with Crippen molar-refractivity contribution in [3.63, 3.8) is 0 Å². The second-order valence-electron chi connectivity index (χ2n) is 7.45. The molecule has 0 bridgehead atoms. The summed E-state index contributed by atoms with van der Waals surface area (Å²) < 4.78 is 10.7. The Kier molecular flexibility index (Phi) is 6.70. The summed E-state index contributed by atoms with van der Waals surface area (Å²) in [5.41, 5.74) is 2.36. The number of anilines is 1. The highest BCUT2D eigenvalue weighted by Gasteiger charge is 2.33. The summed E-state index contributed by atoms with van der Waals surface area (Å²) in [6.07, 6.45) is 2.22. The molecule has 1 aliphatic rings. The van der Waals surface area contributed by atoms with Gasteiger partial charge in [0.15, 0.2) is 16.6 Å². The van der Waals surface area contributed by atoms with Gasteiger partial charge in [-0.3, -0.25) is 14.9 Å². The van der Waals surface area contributed by atoms with E-state index < -0.39 is 6.04 Å². The van der Waals surface area contributed by atoms with Crippen LogP contribution in [0.25, 0.3) is 11.3 Å². The zero-order chi connectivity index (χ0) is 22.5. The minimum atomic E-state index is -0.683. The van der Waals surface area contributed by atoms with E-state index in [0.717, 1.165) is 29.7 Å². The Hall–Kier alpha value is -3.39. The molecule has 3 aromatic rings. The molecule has 1 fully saturated rings. The number of carbonyl (C=O) groups excluding carboxylic acids is 2. The van der Waals surface area contributed by atoms with E-state index in [1.165, 1.54) is 11.3 Å². The summed E-state index contributed by atoms with van der Waals surface area (Å²) >= 11 is 1.34. The smallest absolute Gasteiger partial charge is 0.253 e. The molecule has 4 rings (SSSR count). The lowest BCUT2D eigenvalue weighted by molar-refractivity contribution is -0.141. The van der Waals surface area contributed by atoms with Gasteiger partial charge in [-0.25, -0.2) is 4.98 Å². The molecule has 2 aromatic carbocycles. The van der Waals surface area contributed by atoms with Gasteiger partial charge in [-0.15, -0.1) is 11.3 Å². The van der Waals surface area contributed by atoms with Crippen LogP contribution in [0.2, 0.25) is 0 Å². The minimum absolute atomic E-state index is 0.00501. The van der Waals surface area contributed by atoms with Crippen LogP contribution in [-0.4, -0.2) is 42.5 Å². The average molecular weight is 452 g/mol. The number of ether oxygens (including phenoxy) is 2. The summed E-state index contributed by atoms with van der Waals surface area (Å²) in [4.78, 5) is 32.1. The first-order valence-corrected chi connectivity index (χ1v) is 11.3. The lowest BCUT2D eigenvalue weighted by Crippen LogP contribution is -2.43. The molecule has 1 aromatic heterocycles. The van der Waals surface area contributed by atoms with Crippen LogP contribution in [0.4, 0.5) is 5.13 Å². The number of carbonyl (C=O) groups is 2. The van der Waals surface area contributed by atoms with E-state index in [1.54, 1.807) is 19.1 Å². The Balaban J connectivity index is 1.57. The molecule has 8 heteroatoms. The highest BCUT2D eigenvalue weighted by Crippen LogP contribution is 2.34. The topological polar surface area (TPSA) is 80.8 Å². The Bertz CT molecular complexity index is 1100. The molecule has 2 heterocycles. The van der Waals surface area contributed by atoms with Crippen molar-refractivity contribution in [1.82, 2.24) is 9.88 Å². The maximum absolute atomic E-state index is 13.3. The van der Waals surface area contributed by atoms with Crippen LogP contribution in [0.3, 0.4) is 0 Å². The van der Waals surface area contributed by atoms with E-state index in [-0.39, 0.29) is 11.8 Å². The largest absolute Gasteiger partial charge is 0.493 e. The predicted molar refractivity (Wildman–Crippen MR) is 124 cm³/mol. The summed E-state index contributed by atoms with van der Waals surface area (Å²) in [5.74, 6) is 0.985. The van der Waals surface area contributed by atoms with Crippen LogP contribution in [0.1, 0.15) is 30.9 Å². The summed E-state index contributed by atoms with van der Waals surface area (Å²) in [7, 11) is 3.17. The average Bonchev–Trinajstić information content (AvgIpc) is 3.29. The van der Waals surface area contributed by atoms with Crippen LogP contribution in [0, 0.1) is 0 Å². The van der Waals surface area contributed by atoms with Crippen molar-refractivity contribution < 1.29 is 19.1 Å². The number of nitrogens with one attached hydrogen (secondary N) is 1. The van der Waals surface area contributed by atoms with Gasteiger partial charge in [0.25, 0.3) is 5.91 Å². The fourth-order valence-corrected chi connectivity index (χ4v) is 4.56. The van der Waals surface area contributed by atoms with Gasteiger partial charge >= 0.3 is 0 Å². The molecule has 1 saturated heterocycles. The Morgan fingerprint density at radius 3 is 2.59 bits per heavy atom. The number of methoxy groups -OCH3 is 2. The van der Waals surface area contributed by atoms with E-state index in [0.29, 0.717) is 29.6 Å². The van der Waals surface area contributed by atoms with Gasteiger partial charge < -0.3 is 14.4 Å². The fourth-order valence-electron chi connectivity index (χ4n) is 3.84. The molecule has 1 atom stereocenters. The molecule has 0 aliphatic carbocycles. The molecular formula is C24H25N3O4S. The van der Waals surface area contributed by atoms with Gasteiger partial charge in [0.2, 0.25) is 5.91 Å².